The summed E-state index contributed by atoms with van der Waals surface area (Å²) in [4.78, 5) is 1.42. The molecule has 19 heavy (non-hydrogen) atoms. The molecule has 1 aliphatic carbocycles. The third kappa shape index (κ3) is 5.09. The molecule has 0 saturated heterocycles. The maximum absolute atomic E-state index is 6.10. The Bertz CT molecular complexity index is 355. The van der Waals surface area contributed by atoms with E-state index in [1.54, 1.807) is 11.3 Å². The third-order valence-corrected chi connectivity index (χ3v) is 5.47. The summed E-state index contributed by atoms with van der Waals surface area (Å²) < 4.78 is 0.916. The minimum atomic E-state index is 0.514. The van der Waals surface area contributed by atoms with Gasteiger partial charge in [0.1, 0.15) is 0 Å². The van der Waals surface area contributed by atoms with Crippen LogP contribution in [0.3, 0.4) is 0 Å². The smallest absolute Gasteiger partial charge is 0.0931 e. The fourth-order valence-corrected chi connectivity index (χ4v) is 4.22. The Balaban J connectivity index is 1.96. The quantitative estimate of drug-likeness (QED) is 0.654. The molecule has 1 saturated carbocycles. The van der Waals surface area contributed by atoms with Gasteiger partial charge in [0.05, 0.1) is 4.34 Å². The molecule has 0 spiro atoms. The molecule has 1 unspecified atom stereocenters. The van der Waals surface area contributed by atoms with Crippen molar-refractivity contribution in [2.24, 2.45) is 5.92 Å². The highest BCUT2D eigenvalue weighted by Gasteiger charge is 2.20. The molecule has 3 heteroatoms. The Labute approximate surface area is 126 Å². The number of halogens is 1. The number of nitrogens with one attached hydrogen (secondary N) is 1. The van der Waals surface area contributed by atoms with Gasteiger partial charge in [0, 0.05) is 10.9 Å². The minimum Gasteiger partial charge on any atom is -0.309 e. The monoisotopic (exact) mass is 299 g/mol. The van der Waals surface area contributed by atoms with Crippen molar-refractivity contribution in [1.29, 1.82) is 0 Å². The van der Waals surface area contributed by atoms with E-state index in [0.717, 1.165) is 16.8 Å². The molecule has 1 aromatic heterocycles. The van der Waals surface area contributed by atoms with Crippen LogP contribution in [0.15, 0.2) is 12.1 Å². The van der Waals surface area contributed by atoms with Crippen LogP contribution in [0.2, 0.25) is 4.34 Å². The van der Waals surface area contributed by atoms with Crippen LogP contribution in [0, 0.1) is 5.92 Å². The summed E-state index contributed by atoms with van der Waals surface area (Å²) in [5.41, 5.74) is 0. The van der Waals surface area contributed by atoms with E-state index in [2.05, 4.69) is 18.3 Å². The van der Waals surface area contributed by atoms with Gasteiger partial charge in [0.25, 0.3) is 0 Å². The number of rotatable bonds is 6. The lowest BCUT2D eigenvalue weighted by molar-refractivity contribution is 0.359. The molecule has 0 amide bonds. The lowest BCUT2D eigenvalue weighted by Gasteiger charge is -2.23. The van der Waals surface area contributed by atoms with Crippen LogP contribution < -0.4 is 5.32 Å². The molecule has 1 aliphatic rings. The van der Waals surface area contributed by atoms with Gasteiger partial charge >= 0.3 is 0 Å². The number of hydrogen-bond donors (Lipinski definition) is 1. The Hall–Kier alpha value is -0.0500. The highest BCUT2D eigenvalue weighted by Crippen LogP contribution is 2.34. The molecule has 0 aromatic carbocycles. The lowest BCUT2D eigenvalue weighted by atomic mass is 9.92. The molecular formula is C16H26ClNS. The molecule has 0 bridgehead atoms. The Kier molecular flexibility index (Phi) is 6.69. The molecule has 1 fully saturated rings. The zero-order valence-electron chi connectivity index (χ0n) is 12.0. The second-order valence-corrected chi connectivity index (χ2v) is 7.49. The van der Waals surface area contributed by atoms with E-state index < -0.39 is 0 Å². The van der Waals surface area contributed by atoms with Crippen molar-refractivity contribution in [3.05, 3.63) is 21.3 Å². The molecule has 2 rings (SSSR count). The SMILES string of the molecule is CCCNC(CC1CCCCCC1)c1ccc(Cl)s1. The summed E-state index contributed by atoms with van der Waals surface area (Å²) in [6.07, 6.45) is 11.1. The van der Waals surface area contributed by atoms with Crippen LogP contribution in [-0.4, -0.2) is 6.54 Å². The maximum Gasteiger partial charge on any atom is 0.0931 e. The molecule has 108 valence electrons. The van der Waals surface area contributed by atoms with Crippen LogP contribution in [0.5, 0.6) is 0 Å². The highest BCUT2D eigenvalue weighted by molar-refractivity contribution is 7.16. The van der Waals surface area contributed by atoms with Crippen molar-refractivity contribution in [1.82, 2.24) is 5.32 Å². The summed E-state index contributed by atoms with van der Waals surface area (Å²) in [5.74, 6) is 0.901. The van der Waals surface area contributed by atoms with E-state index >= 15 is 0 Å². The van der Waals surface area contributed by atoms with Crippen molar-refractivity contribution in [2.75, 3.05) is 6.54 Å². The van der Waals surface area contributed by atoms with Crippen molar-refractivity contribution in [3.8, 4) is 0 Å². The Morgan fingerprint density at radius 1 is 1.26 bits per heavy atom. The van der Waals surface area contributed by atoms with E-state index in [0.29, 0.717) is 6.04 Å². The maximum atomic E-state index is 6.10. The fourth-order valence-electron chi connectivity index (χ4n) is 3.07. The Morgan fingerprint density at radius 2 is 2.00 bits per heavy atom. The molecule has 1 atom stereocenters. The summed E-state index contributed by atoms with van der Waals surface area (Å²) in [6, 6.07) is 4.76. The average Bonchev–Trinajstić information content (AvgIpc) is 2.68. The van der Waals surface area contributed by atoms with Crippen LogP contribution >= 0.6 is 22.9 Å². The zero-order chi connectivity index (χ0) is 13.5. The largest absolute Gasteiger partial charge is 0.309 e. The van der Waals surface area contributed by atoms with Crippen LogP contribution in [-0.2, 0) is 0 Å². The van der Waals surface area contributed by atoms with Gasteiger partial charge in [-0.2, -0.15) is 0 Å². The molecule has 1 heterocycles. The van der Waals surface area contributed by atoms with Crippen molar-refractivity contribution in [2.45, 2.75) is 64.3 Å². The number of hydrogen-bond acceptors (Lipinski definition) is 2. The van der Waals surface area contributed by atoms with Gasteiger partial charge in [-0.3, -0.25) is 0 Å². The van der Waals surface area contributed by atoms with Crippen LogP contribution in [0.4, 0.5) is 0 Å². The predicted molar refractivity (Wildman–Crippen MR) is 86.2 cm³/mol. The van der Waals surface area contributed by atoms with Gasteiger partial charge in [-0.25, -0.2) is 0 Å². The standard InChI is InChI=1S/C16H26ClNS/c1-2-11-18-14(15-9-10-16(17)19-15)12-13-7-5-3-4-6-8-13/h9-10,13-14,18H,2-8,11-12H2,1H3. The first-order chi connectivity index (χ1) is 9.29. The van der Waals surface area contributed by atoms with E-state index in [9.17, 15) is 0 Å². The Morgan fingerprint density at radius 3 is 2.58 bits per heavy atom. The average molecular weight is 300 g/mol. The van der Waals surface area contributed by atoms with Gasteiger partial charge in [0.15, 0.2) is 0 Å². The van der Waals surface area contributed by atoms with E-state index in [1.807, 2.05) is 6.07 Å². The molecule has 0 aliphatic heterocycles. The van der Waals surface area contributed by atoms with Crippen molar-refractivity contribution < 1.29 is 0 Å². The second kappa shape index (κ2) is 8.28. The molecular weight excluding hydrogens is 274 g/mol. The van der Waals surface area contributed by atoms with Gasteiger partial charge in [-0.05, 0) is 37.4 Å². The fraction of sp³-hybridized carbons (Fsp3) is 0.750. The van der Waals surface area contributed by atoms with E-state index in [-0.39, 0.29) is 0 Å². The van der Waals surface area contributed by atoms with Gasteiger partial charge in [-0.1, -0.05) is 57.0 Å². The van der Waals surface area contributed by atoms with Crippen LogP contribution in [0.1, 0.15) is 69.2 Å². The predicted octanol–water partition coefficient (Wildman–Crippen LogP) is 5.80. The second-order valence-electron chi connectivity index (χ2n) is 5.74. The lowest BCUT2D eigenvalue weighted by Crippen LogP contribution is -2.23. The highest BCUT2D eigenvalue weighted by atomic mass is 35.5. The third-order valence-electron chi connectivity index (χ3n) is 4.12. The van der Waals surface area contributed by atoms with Gasteiger partial charge < -0.3 is 5.32 Å². The van der Waals surface area contributed by atoms with E-state index in [4.69, 9.17) is 11.6 Å². The molecule has 1 N–H and O–H groups in total. The van der Waals surface area contributed by atoms with Gasteiger partial charge in [0.2, 0.25) is 0 Å². The minimum absolute atomic E-state index is 0.514. The van der Waals surface area contributed by atoms with Crippen molar-refractivity contribution >= 4 is 22.9 Å². The number of thiophene rings is 1. The van der Waals surface area contributed by atoms with Crippen molar-refractivity contribution in [3.63, 3.8) is 0 Å². The molecule has 1 aromatic rings. The van der Waals surface area contributed by atoms with Crippen LogP contribution in [0.25, 0.3) is 0 Å². The summed E-state index contributed by atoms with van der Waals surface area (Å²) in [6.45, 7) is 3.34. The first kappa shape index (κ1) is 15.3. The normalized spacial score (nSPS) is 19.3. The molecule has 1 nitrogen and oxygen atoms in total. The molecule has 0 radical (unpaired) electrons. The first-order valence-corrected chi connectivity index (χ1v) is 8.97. The first-order valence-electron chi connectivity index (χ1n) is 7.78. The topological polar surface area (TPSA) is 12.0 Å². The van der Waals surface area contributed by atoms with E-state index in [1.165, 1.54) is 56.2 Å². The summed E-state index contributed by atoms with van der Waals surface area (Å²) >= 11 is 7.84. The summed E-state index contributed by atoms with van der Waals surface area (Å²) in [5, 5.41) is 3.72. The summed E-state index contributed by atoms with van der Waals surface area (Å²) in [7, 11) is 0. The van der Waals surface area contributed by atoms with Gasteiger partial charge in [-0.15, -0.1) is 11.3 Å². The zero-order valence-corrected chi connectivity index (χ0v) is 13.5.